The number of rotatable bonds is 8. The molecule has 2 heterocycles. The monoisotopic (exact) mass is 460 g/mol. The number of anilines is 1. The molecule has 0 atom stereocenters. The zero-order valence-electron chi connectivity index (χ0n) is 18.6. The molecule has 0 spiro atoms. The molecule has 0 aliphatic carbocycles. The van der Waals surface area contributed by atoms with Gasteiger partial charge >= 0.3 is 0 Å². The van der Waals surface area contributed by atoms with E-state index in [1.165, 1.54) is 17.3 Å². The van der Waals surface area contributed by atoms with Crippen LogP contribution < -0.4 is 10.1 Å². The van der Waals surface area contributed by atoms with E-state index in [9.17, 15) is 4.79 Å². The van der Waals surface area contributed by atoms with Gasteiger partial charge in [0.2, 0.25) is 0 Å². The highest BCUT2D eigenvalue weighted by Gasteiger charge is 2.21. The van der Waals surface area contributed by atoms with Crippen molar-refractivity contribution in [3.05, 3.63) is 83.9 Å². The van der Waals surface area contributed by atoms with E-state index in [1.54, 1.807) is 30.3 Å². The number of carbonyl (C=O) groups excluding carboxylic acids is 1. The van der Waals surface area contributed by atoms with Gasteiger partial charge in [-0.15, -0.1) is 5.10 Å². The number of aromatic nitrogens is 5. The first-order valence-corrected chi connectivity index (χ1v) is 11.4. The number of benzene rings is 2. The van der Waals surface area contributed by atoms with Crippen molar-refractivity contribution in [1.82, 2.24) is 25.0 Å². The summed E-state index contributed by atoms with van der Waals surface area (Å²) >= 11 is 1.41. The van der Waals surface area contributed by atoms with Crippen LogP contribution in [0.1, 0.15) is 41.5 Å². The van der Waals surface area contributed by atoms with Crippen molar-refractivity contribution in [2.24, 2.45) is 0 Å². The fourth-order valence-corrected chi connectivity index (χ4v) is 3.97. The molecule has 168 valence electrons. The largest absolute Gasteiger partial charge is 0.497 e. The van der Waals surface area contributed by atoms with Crippen LogP contribution >= 0.6 is 11.8 Å². The van der Waals surface area contributed by atoms with Crippen LogP contribution in [-0.4, -0.2) is 38.0 Å². The van der Waals surface area contributed by atoms with Crippen molar-refractivity contribution in [1.29, 1.82) is 0 Å². The number of ether oxygens (including phenoxy) is 1. The molecule has 0 bridgehead atoms. The van der Waals surface area contributed by atoms with Gasteiger partial charge in [-0.3, -0.25) is 4.79 Å². The van der Waals surface area contributed by atoms with Gasteiger partial charge in [-0.05, 0) is 53.9 Å². The summed E-state index contributed by atoms with van der Waals surface area (Å²) < 4.78 is 6.90. The molecular formula is C24H24N6O2S. The number of nitrogens with one attached hydrogen (secondary N) is 1. The molecule has 1 N–H and O–H groups in total. The molecule has 2 aromatic carbocycles. The molecule has 0 unspecified atom stereocenters. The summed E-state index contributed by atoms with van der Waals surface area (Å²) in [5.41, 5.74) is 3.58. The van der Waals surface area contributed by atoms with Gasteiger partial charge < -0.3 is 10.1 Å². The minimum atomic E-state index is -0.323. The lowest BCUT2D eigenvalue weighted by atomic mass is 10.0. The van der Waals surface area contributed by atoms with Gasteiger partial charge in [-0.25, -0.2) is 14.6 Å². The fraction of sp³-hybridized carbons (Fsp3) is 0.208. The minimum Gasteiger partial charge on any atom is -0.497 e. The first-order chi connectivity index (χ1) is 16.0. The third-order valence-electron chi connectivity index (χ3n) is 5.01. The average molecular weight is 461 g/mol. The van der Waals surface area contributed by atoms with Crippen LogP contribution in [0.15, 0.2) is 72.1 Å². The second-order valence-corrected chi connectivity index (χ2v) is 8.49. The Labute approximate surface area is 196 Å². The van der Waals surface area contributed by atoms with E-state index in [0.29, 0.717) is 28.2 Å². The maximum atomic E-state index is 13.1. The Bertz CT molecular complexity index is 1210. The molecule has 4 aromatic rings. The molecule has 0 aliphatic heterocycles. The summed E-state index contributed by atoms with van der Waals surface area (Å²) in [4.78, 5) is 21.6. The molecule has 2 aromatic heterocycles. The molecule has 4 rings (SSSR count). The summed E-state index contributed by atoms with van der Waals surface area (Å²) in [7, 11) is 1.61. The van der Waals surface area contributed by atoms with Crippen LogP contribution in [0.4, 0.5) is 5.69 Å². The zero-order chi connectivity index (χ0) is 23.2. The molecule has 1 amide bonds. The third-order valence-corrected chi connectivity index (χ3v) is 5.90. The van der Waals surface area contributed by atoms with Crippen LogP contribution in [0.2, 0.25) is 0 Å². The van der Waals surface area contributed by atoms with Gasteiger partial charge in [0.25, 0.3) is 5.91 Å². The SMILES string of the molecule is COc1ccc(-n2nnc(C(=O)Nc3ccc(C(C)C)cc3)c2CSc2ncccn2)cc1. The first-order valence-electron chi connectivity index (χ1n) is 10.5. The number of methoxy groups -OCH3 is 1. The quantitative estimate of drug-likeness (QED) is 0.300. The smallest absolute Gasteiger partial charge is 0.278 e. The number of nitrogens with zero attached hydrogens (tertiary/aromatic N) is 5. The van der Waals surface area contributed by atoms with E-state index in [4.69, 9.17) is 4.74 Å². The summed E-state index contributed by atoms with van der Waals surface area (Å²) in [6.45, 7) is 4.26. The Balaban J connectivity index is 1.62. The summed E-state index contributed by atoms with van der Waals surface area (Å²) in [6, 6.07) is 17.0. The third kappa shape index (κ3) is 5.38. The van der Waals surface area contributed by atoms with Crippen molar-refractivity contribution >= 4 is 23.4 Å². The molecule has 33 heavy (non-hydrogen) atoms. The normalized spacial score (nSPS) is 10.9. The van der Waals surface area contributed by atoms with E-state index in [2.05, 4.69) is 39.4 Å². The van der Waals surface area contributed by atoms with Crippen LogP contribution in [0.5, 0.6) is 5.75 Å². The molecule has 0 fully saturated rings. The van der Waals surface area contributed by atoms with Gasteiger partial charge in [-0.2, -0.15) is 0 Å². The van der Waals surface area contributed by atoms with Crippen LogP contribution in [0, 0.1) is 0 Å². The van der Waals surface area contributed by atoms with Crippen molar-refractivity contribution in [2.45, 2.75) is 30.7 Å². The maximum Gasteiger partial charge on any atom is 0.278 e. The molecule has 0 saturated heterocycles. The number of carbonyl (C=O) groups is 1. The highest BCUT2D eigenvalue weighted by molar-refractivity contribution is 7.98. The van der Waals surface area contributed by atoms with Crippen LogP contribution in [-0.2, 0) is 5.75 Å². The molecular weight excluding hydrogens is 436 g/mol. The van der Waals surface area contributed by atoms with Gasteiger partial charge in [0, 0.05) is 23.8 Å². The Hall–Kier alpha value is -3.72. The Morgan fingerprint density at radius 3 is 2.39 bits per heavy atom. The van der Waals surface area contributed by atoms with Crippen LogP contribution in [0.3, 0.4) is 0 Å². The lowest BCUT2D eigenvalue weighted by molar-refractivity contribution is 0.102. The standard InChI is InChI=1S/C24H24N6O2S/c1-16(2)17-5-7-18(8-6-17)27-23(31)22-21(15-33-24-25-13-4-14-26-24)30(29-28-22)19-9-11-20(32-3)12-10-19/h4-14,16H,15H2,1-3H3,(H,27,31). The maximum absolute atomic E-state index is 13.1. The van der Waals surface area contributed by atoms with Crippen molar-refractivity contribution in [3.63, 3.8) is 0 Å². The molecule has 0 radical (unpaired) electrons. The van der Waals surface area contributed by atoms with Crippen molar-refractivity contribution in [3.8, 4) is 11.4 Å². The lowest BCUT2D eigenvalue weighted by Crippen LogP contribution is -2.15. The summed E-state index contributed by atoms with van der Waals surface area (Å²) in [5.74, 6) is 1.24. The Morgan fingerprint density at radius 2 is 1.76 bits per heavy atom. The van der Waals surface area contributed by atoms with Crippen molar-refractivity contribution in [2.75, 3.05) is 12.4 Å². The second-order valence-electron chi connectivity index (χ2n) is 7.55. The van der Waals surface area contributed by atoms with E-state index in [1.807, 2.05) is 48.5 Å². The summed E-state index contributed by atoms with van der Waals surface area (Å²) in [6.07, 6.45) is 3.37. The van der Waals surface area contributed by atoms with E-state index >= 15 is 0 Å². The van der Waals surface area contributed by atoms with E-state index in [-0.39, 0.29) is 11.6 Å². The lowest BCUT2D eigenvalue weighted by Gasteiger charge is -2.10. The van der Waals surface area contributed by atoms with Gasteiger partial charge in [0.1, 0.15) is 5.75 Å². The zero-order valence-corrected chi connectivity index (χ0v) is 19.4. The fourth-order valence-electron chi connectivity index (χ4n) is 3.17. The Morgan fingerprint density at radius 1 is 1.06 bits per heavy atom. The number of thioether (sulfide) groups is 1. The number of hydrogen-bond donors (Lipinski definition) is 1. The van der Waals surface area contributed by atoms with E-state index < -0.39 is 0 Å². The predicted molar refractivity (Wildman–Crippen MR) is 128 cm³/mol. The highest BCUT2D eigenvalue weighted by atomic mass is 32.2. The van der Waals surface area contributed by atoms with Gasteiger partial charge in [0.05, 0.1) is 18.5 Å². The number of amides is 1. The first kappa shape index (κ1) is 22.5. The highest BCUT2D eigenvalue weighted by Crippen LogP contribution is 2.25. The Kier molecular flexibility index (Phi) is 6.99. The predicted octanol–water partition coefficient (Wildman–Crippen LogP) is 4.73. The molecule has 9 heteroatoms. The van der Waals surface area contributed by atoms with Crippen LogP contribution in [0.25, 0.3) is 5.69 Å². The second kappa shape index (κ2) is 10.3. The van der Waals surface area contributed by atoms with Gasteiger partial charge in [0.15, 0.2) is 10.9 Å². The molecule has 0 saturated carbocycles. The van der Waals surface area contributed by atoms with Gasteiger partial charge in [-0.1, -0.05) is 43.0 Å². The molecule has 8 nitrogen and oxygen atoms in total. The van der Waals surface area contributed by atoms with E-state index in [0.717, 1.165) is 11.4 Å². The minimum absolute atomic E-state index is 0.252. The topological polar surface area (TPSA) is 94.8 Å². The summed E-state index contributed by atoms with van der Waals surface area (Å²) in [5, 5.41) is 12.0. The number of hydrogen-bond acceptors (Lipinski definition) is 7. The average Bonchev–Trinajstić information content (AvgIpc) is 3.28. The van der Waals surface area contributed by atoms with Crippen molar-refractivity contribution < 1.29 is 9.53 Å². The molecule has 0 aliphatic rings.